The molecule has 0 heterocycles. The van der Waals surface area contributed by atoms with Gasteiger partial charge in [0.15, 0.2) is 11.5 Å². The van der Waals surface area contributed by atoms with E-state index in [9.17, 15) is 0 Å². The number of nitrogens with zero attached hydrogens (tertiary/aromatic N) is 1. The van der Waals surface area contributed by atoms with Crippen molar-refractivity contribution < 1.29 is 9.47 Å². The van der Waals surface area contributed by atoms with E-state index >= 15 is 0 Å². The van der Waals surface area contributed by atoms with Gasteiger partial charge in [-0.3, -0.25) is 4.90 Å². The molecule has 20 heavy (non-hydrogen) atoms. The number of nitrogens with two attached hydrogens (primary N) is 1. The summed E-state index contributed by atoms with van der Waals surface area (Å²) in [5.41, 5.74) is 7.13. The smallest absolute Gasteiger partial charge is 0.161 e. The fraction of sp³-hybridized carbons (Fsp3) is 0.625. The van der Waals surface area contributed by atoms with Crippen LogP contribution < -0.4 is 15.2 Å². The number of benzene rings is 1. The summed E-state index contributed by atoms with van der Waals surface area (Å²) in [7, 11) is 3.78. The Morgan fingerprint density at radius 1 is 1.25 bits per heavy atom. The van der Waals surface area contributed by atoms with E-state index in [1.54, 1.807) is 7.11 Å². The normalized spacial score (nSPS) is 12.5. The molecule has 1 aromatic rings. The summed E-state index contributed by atoms with van der Waals surface area (Å²) in [5, 5.41) is 0. The third-order valence-corrected chi connectivity index (χ3v) is 3.49. The molecular weight excluding hydrogens is 252 g/mol. The quantitative estimate of drug-likeness (QED) is 0.755. The first kappa shape index (κ1) is 16.8. The molecule has 0 aliphatic heterocycles. The molecule has 114 valence electrons. The van der Waals surface area contributed by atoms with Gasteiger partial charge >= 0.3 is 0 Å². The molecule has 0 aromatic heterocycles. The summed E-state index contributed by atoms with van der Waals surface area (Å²) in [4.78, 5) is 2.31. The average Bonchev–Trinajstić information content (AvgIpc) is 2.46. The van der Waals surface area contributed by atoms with Gasteiger partial charge in [-0.05, 0) is 44.6 Å². The fourth-order valence-corrected chi connectivity index (χ4v) is 2.30. The van der Waals surface area contributed by atoms with Crippen LogP contribution in [0.3, 0.4) is 0 Å². The minimum absolute atomic E-state index is 0.215. The number of ether oxygens (including phenoxy) is 2. The zero-order chi connectivity index (χ0) is 15.0. The Morgan fingerprint density at radius 3 is 2.55 bits per heavy atom. The lowest BCUT2D eigenvalue weighted by molar-refractivity contribution is 0.245. The van der Waals surface area contributed by atoms with Gasteiger partial charge in [0.2, 0.25) is 0 Å². The van der Waals surface area contributed by atoms with Gasteiger partial charge < -0.3 is 15.2 Å². The highest BCUT2D eigenvalue weighted by Crippen LogP contribution is 2.31. The van der Waals surface area contributed by atoms with Crippen molar-refractivity contribution in [2.75, 3.05) is 33.9 Å². The van der Waals surface area contributed by atoms with Crippen molar-refractivity contribution in [3.63, 3.8) is 0 Å². The maximum absolute atomic E-state index is 5.96. The van der Waals surface area contributed by atoms with Crippen LogP contribution in [0, 0.1) is 0 Å². The van der Waals surface area contributed by atoms with Crippen LogP contribution in [0.15, 0.2) is 18.2 Å². The molecule has 0 radical (unpaired) electrons. The van der Waals surface area contributed by atoms with Crippen molar-refractivity contribution in [1.29, 1.82) is 0 Å². The van der Waals surface area contributed by atoms with E-state index in [0.717, 1.165) is 18.0 Å². The van der Waals surface area contributed by atoms with Crippen LogP contribution in [0.5, 0.6) is 11.5 Å². The van der Waals surface area contributed by atoms with Crippen molar-refractivity contribution >= 4 is 0 Å². The minimum Gasteiger partial charge on any atom is -0.493 e. The Hall–Kier alpha value is -1.26. The number of rotatable bonds is 9. The molecule has 0 aliphatic carbocycles. The standard InChI is InChI=1S/C16H28N2O2/c1-5-7-10-18(3)14(12-17)13-8-9-15(19-4)16(11-13)20-6-2/h8-9,11,14H,5-7,10,12,17H2,1-4H3. The largest absolute Gasteiger partial charge is 0.493 e. The molecule has 1 aromatic carbocycles. The molecule has 0 amide bonds. The molecular formula is C16H28N2O2. The second-order valence-electron chi connectivity index (χ2n) is 4.93. The minimum atomic E-state index is 0.215. The van der Waals surface area contributed by atoms with E-state index in [4.69, 9.17) is 15.2 Å². The second kappa shape index (κ2) is 8.82. The summed E-state index contributed by atoms with van der Waals surface area (Å²) in [5.74, 6) is 1.55. The van der Waals surface area contributed by atoms with E-state index in [-0.39, 0.29) is 6.04 Å². The summed E-state index contributed by atoms with van der Waals surface area (Å²) in [6.45, 7) is 6.44. The summed E-state index contributed by atoms with van der Waals surface area (Å²) < 4.78 is 11.0. The van der Waals surface area contributed by atoms with Crippen LogP contribution in [-0.2, 0) is 0 Å². The maximum atomic E-state index is 5.96. The van der Waals surface area contributed by atoms with Crippen molar-refractivity contribution in [2.45, 2.75) is 32.7 Å². The number of hydrogen-bond acceptors (Lipinski definition) is 4. The predicted octanol–water partition coefficient (Wildman–Crippen LogP) is 2.83. The van der Waals surface area contributed by atoms with Gasteiger partial charge in [-0.1, -0.05) is 19.4 Å². The zero-order valence-corrected chi connectivity index (χ0v) is 13.2. The van der Waals surface area contributed by atoms with Crippen molar-refractivity contribution in [2.24, 2.45) is 5.73 Å². The molecule has 0 saturated heterocycles. The lowest BCUT2D eigenvalue weighted by Gasteiger charge is -2.27. The molecule has 0 aliphatic rings. The highest BCUT2D eigenvalue weighted by Gasteiger charge is 2.17. The van der Waals surface area contributed by atoms with Crippen LogP contribution in [0.2, 0.25) is 0 Å². The first-order valence-corrected chi connectivity index (χ1v) is 7.38. The molecule has 4 heteroatoms. The monoisotopic (exact) mass is 280 g/mol. The molecule has 2 N–H and O–H groups in total. The number of unbranched alkanes of at least 4 members (excludes halogenated alkanes) is 1. The van der Waals surface area contributed by atoms with Gasteiger partial charge in [0, 0.05) is 12.6 Å². The van der Waals surface area contributed by atoms with E-state index in [1.165, 1.54) is 18.4 Å². The SMILES string of the molecule is CCCCN(C)C(CN)c1ccc(OC)c(OCC)c1. The topological polar surface area (TPSA) is 47.7 Å². The molecule has 1 atom stereocenters. The third kappa shape index (κ3) is 4.39. The lowest BCUT2D eigenvalue weighted by atomic mass is 10.0. The van der Waals surface area contributed by atoms with Gasteiger partial charge in [-0.25, -0.2) is 0 Å². The highest BCUT2D eigenvalue weighted by atomic mass is 16.5. The number of methoxy groups -OCH3 is 1. The van der Waals surface area contributed by atoms with E-state index in [0.29, 0.717) is 13.2 Å². The van der Waals surface area contributed by atoms with Gasteiger partial charge in [0.1, 0.15) is 0 Å². The van der Waals surface area contributed by atoms with Crippen molar-refractivity contribution in [1.82, 2.24) is 4.90 Å². The molecule has 1 unspecified atom stereocenters. The van der Waals surface area contributed by atoms with Crippen LogP contribution in [0.1, 0.15) is 38.3 Å². The molecule has 4 nitrogen and oxygen atoms in total. The van der Waals surface area contributed by atoms with Crippen LogP contribution in [0.4, 0.5) is 0 Å². The Morgan fingerprint density at radius 2 is 2.00 bits per heavy atom. The maximum Gasteiger partial charge on any atom is 0.161 e. The van der Waals surface area contributed by atoms with Gasteiger partial charge in [-0.2, -0.15) is 0 Å². The second-order valence-corrected chi connectivity index (χ2v) is 4.93. The van der Waals surface area contributed by atoms with E-state index in [1.807, 2.05) is 19.1 Å². The highest BCUT2D eigenvalue weighted by molar-refractivity contribution is 5.44. The Balaban J connectivity index is 2.94. The van der Waals surface area contributed by atoms with Gasteiger partial charge in [0.25, 0.3) is 0 Å². The number of hydrogen-bond donors (Lipinski definition) is 1. The summed E-state index contributed by atoms with van der Waals surface area (Å²) >= 11 is 0. The third-order valence-electron chi connectivity index (χ3n) is 3.49. The Bertz CT molecular complexity index is 396. The molecule has 0 bridgehead atoms. The van der Waals surface area contributed by atoms with Crippen molar-refractivity contribution in [3.05, 3.63) is 23.8 Å². The first-order chi connectivity index (χ1) is 9.67. The molecule has 1 rings (SSSR count). The summed E-state index contributed by atoms with van der Waals surface area (Å²) in [6, 6.07) is 6.28. The Kier molecular flexibility index (Phi) is 7.41. The van der Waals surface area contributed by atoms with E-state index < -0.39 is 0 Å². The van der Waals surface area contributed by atoms with Crippen LogP contribution in [-0.4, -0.2) is 38.8 Å². The molecule has 0 saturated carbocycles. The molecule has 0 fully saturated rings. The zero-order valence-electron chi connectivity index (χ0n) is 13.2. The van der Waals surface area contributed by atoms with Crippen LogP contribution >= 0.6 is 0 Å². The van der Waals surface area contributed by atoms with Crippen molar-refractivity contribution in [3.8, 4) is 11.5 Å². The average molecular weight is 280 g/mol. The molecule has 0 spiro atoms. The lowest BCUT2D eigenvalue weighted by Crippen LogP contribution is -2.31. The fourth-order valence-electron chi connectivity index (χ4n) is 2.30. The predicted molar refractivity (Wildman–Crippen MR) is 83.5 cm³/mol. The first-order valence-electron chi connectivity index (χ1n) is 7.38. The van der Waals surface area contributed by atoms with Gasteiger partial charge in [0.05, 0.1) is 13.7 Å². The Labute approximate surface area is 122 Å². The van der Waals surface area contributed by atoms with Crippen LogP contribution in [0.25, 0.3) is 0 Å². The van der Waals surface area contributed by atoms with E-state index in [2.05, 4.69) is 24.9 Å². The van der Waals surface area contributed by atoms with Gasteiger partial charge in [-0.15, -0.1) is 0 Å². The summed E-state index contributed by atoms with van der Waals surface area (Å²) in [6.07, 6.45) is 2.37. The number of likely N-dealkylation sites (N-methyl/N-ethyl adjacent to an activating group) is 1.